The van der Waals surface area contributed by atoms with Crippen LogP contribution in [0.3, 0.4) is 0 Å². The van der Waals surface area contributed by atoms with Crippen LogP contribution < -0.4 is 16.4 Å². The van der Waals surface area contributed by atoms with Gasteiger partial charge in [0.15, 0.2) is 0 Å². The highest BCUT2D eigenvalue weighted by atomic mass is 15.0. The molecule has 1 saturated heterocycles. The lowest BCUT2D eigenvalue weighted by molar-refractivity contribution is 0.473. The molecule has 0 aromatic heterocycles. The van der Waals surface area contributed by atoms with Gasteiger partial charge in [-0.1, -0.05) is 6.42 Å². The van der Waals surface area contributed by atoms with Crippen molar-refractivity contribution >= 4 is 0 Å². The first-order valence-corrected chi connectivity index (χ1v) is 5.07. The van der Waals surface area contributed by atoms with Gasteiger partial charge >= 0.3 is 0 Å². The van der Waals surface area contributed by atoms with Crippen LogP contribution in [0, 0.1) is 0 Å². The maximum atomic E-state index is 5.44. The van der Waals surface area contributed by atoms with Gasteiger partial charge in [0.1, 0.15) is 0 Å². The molecule has 1 aliphatic heterocycles. The Bertz CT molecular complexity index is 97.9. The first-order valence-electron chi connectivity index (χ1n) is 5.07. The fourth-order valence-electron chi connectivity index (χ4n) is 1.61. The molecule has 1 aliphatic rings. The van der Waals surface area contributed by atoms with Gasteiger partial charge in [-0.3, -0.25) is 0 Å². The zero-order chi connectivity index (χ0) is 8.65. The highest BCUT2D eigenvalue weighted by Crippen LogP contribution is 2.01. The number of unbranched alkanes of at least 4 members (excludes halogenated alkanes) is 1. The molecule has 3 nitrogen and oxygen atoms in total. The second kappa shape index (κ2) is 6.40. The van der Waals surface area contributed by atoms with Crippen LogP contribution in [0.5, 0.6) is 0 Å². The average molecular weight is 171 g/mol. The Morgan fingerprint density at radius 2 is 2.17 bits per heavy atom. The van der Waals surface area contributed by atoms with E-state index in [-0.39, 0.29) is 0 Å². The fourth-order valence-corrected chi connectivity index (χ4v) is 1.61. The number of hydrogen-bond acceptors (Lipinski definition) is 3. The van der Waals surface area contributed by atoms with Gasteiger partial charge in [-0.25, -0.2) is 0 Å². The van der Waals surface area contributed by atoms with Crippen molar-refractivity contribution < 1.29 is 0 Å². The van der Waals surface area contributed by atoms with Crippen LogP contribution in [0.25, 0.3) is 0 Å². The summed E-state index contributed by atoms with van der Waals surface area (Å²) in [6, 6.07) is 0.680. The van der Waals surface area contributed by atoms with Gasteiger partial charge in [-0.2, -0.15) is 0 Å². The second-order valence-corrected chi connectivity index (χ2v) is 3.49. The molecule has 0 amide bonds. The lowest BCUT2D eigenvalue weighted by Gasteiger charge is -2.14. The highest BCUT2D eigenvalue weighted by molar-refractivity contribution is 4.73. The molecule has 0 spiro atoms. The van der Waals surface area contributed by atoms with Crippen molar-refractivity contribution in [2.45, 2.75) is 31.7 Å². The summed E-state index contributed by atoms with van der Waals surface area (Å²) in [7, 11) is 0. The number of nitrogens with one attached hydrogen (secondary N) is 2. The Labute approximate surface area is 75.1 Å². The third-order valence-corrected chi connectivity index (χ3v) is 2.36. The molecular weight excluding hydrogens is 150 g/mol. The summed E-state index contributed by atoms with van der Waals surface area (Å²) < 4.78 is 0. The zero-order valence-electron chi connectivity index (χ0n) is 7.81. The maximum absolute atomic E-state index is 5.44. The molecule has 0 bridgehead atoms. The fraction of sp³-hybridized carbons (Fsp3) is 1.00. The molecule has 1 atom stereocenters. The molecule has 1 unspecified atom stereocenters. The van der Waals surface area contributed by atoms with E-state index in [0.717, 1.165) is 19.5 Å². The molecule has 0 aromatic carbocycles. The van der Waals surface area contributed by atoms with E-state index in [1.165, 1.54) is 32.4 Å². The number of nitrogens with two attached hydrogens (primary N) is 1. The van der Waals surface area contributed by atoms with Gasteiger partial charge in [-0.05, 0) is 38.9 Å². The topological polar surface area (TPSA) is 50.1 Å². The van der Waals surface area contributed by atoms with Gasteiger partial charge in [0, 0.05) is 12.6 Å². The lowest BCUT2D eigenvalue weighted by atomic mass is 10.1. The molecule has 3 heteroatoms. The van der Waals surface area contributed by atoms with Crippen molar-refractivity contribution in [2.24, 2.45) is 5.73 Å². The van der Waals surface area contributed by atoms with E-state index >= 15 is 0 Å². The number of hydrogen-bond donors (Lipinski definition) is 3. The van der Waals surface area contributed by atoms with Gasteiger partial charge < -0.3 is 16.4 Å². The molecule has 0 saturated carbocycles. The summed E-state index contributed by atoms with van der Waals surface area (Å²) in [5, 5.41) is 6.97. The van der Waals surface area contributed by atoms with Gasteiger partial charge in [0.2, 0.25) is 0 Å². The summed E-state index contributed by atoms with van der Waals surface area (Å²) in [5.74, 6) is 0. The average Bonchev–Trinajstić information content (AvgIpc) is 2.33. The van der Waals surface area contributed by atoms with E-state index < -0.39 is 0 Å². The van der Waals surface area contributed by atoms with Crippen LogP contribution in [-0.2, 0) is 0 Å². The summed E-state index contributed by atoms with van der Waals surface area (Å²) in [6.45, 7) is 4.30. The molecule has 0 aliphatic carbocycles. The standard InChI is InChI=1S/C9H21N3/c10-5-2-1-4-9-8-11-6-3-7-12-9/h9,11-12H,1-8,10H2. The Balaban J connectivity index is 2.04. The number of rotatable bonds is 4. The van der Waals surface area contributed by atoms with Crippen LogP contribution in [0.2, 0.25) is 0 Å². The molecule has 1 rings (SSSR count). The van der Waals surface area contributed by atoms with Gasteiger partial charge in [-0.15, -0.1) is 0 Å². The first-order chi connectivity index (χ1) is 5.93. The van der Waals surface area contributed by atoms with Gasteiger partial charge in [0.25, 0.3) is 0 Å². The predicted octanol–water partition coefficient (Wildman–Crippen LogP) is 0.0669. The first kappa shape index (κ1) is 9.96. The van der Waals surface area contributed by atoms with Crippen LogP contribution >= 0.6 is 0 Å². The van der Waals surface area contributed by atoms with Crippen LogP contribution in [0.15, 0.2) is 0 Å². The van der Waals surface area contributed by atoms with Crippen LogP contribution in [0.4, 0.5) is 0 Å². The minimum atomic E-state index is 0.680. The summed E-state index contributed by atoms with van der Waals surface area (Å²) in [4.78, 5) is 0. The summed E-state index contributed by atoms with van der Waals surface area (Å²) >= 11 is 0. The monoisotopic (exact) mass is 171 g/mol. The molecule has 0 radical (unpaired) electrons. The Morgan fingerprint density at radius 1 is 1.25 bits per heavy atom. The Kier molecular flexibility index (Phi) is 5.32. The third-order valence-electron chi connectivity index (χ3n) is 2.36. The van der Waals surface area contributed by atoms with Gasteiger partial charge in [0.05, 0.1) is 0 Å². The second-order valence-electron chi connectivity index (χ2n) is 3.49. The Hall–Kier alpha value is -0.120. The van der Waals surface area contributed by atoms with Crippen molar-refractivity contribution in [2.75, 3.05) is 26.2 Å². The predicted molar refractivity (Wildman–Crippen MR) is 52.2 cm³/mol. The quantitative estimate of drug-likeness (QED) is 0.525. The summed E-state index contributed by atoms with van der Waals surface area (Å²) in [5.41, 5.74) is 5.44. The normalized spacial score (nSPS) is 25.2. The van der Waals surface area contributed by atoms with Crippen LogP contribution in [-0.4, -0.2) is 32.2 Å². The van der Waals surface area contributed by atoms with E-state index in [2.05, 4.69) is 10.6 Å². The molecule has 0 aromatic rings. The smallest absolute Gasteiger partial charge is 0.0192 e. The molecular formula is C9H21N3. The third kappa shape index (κ3) is 4.04. The zero-order valence-corrected chi connectivity index (χ0v) is 7.81. The van der Waals surface area contributed by atoms with Crippen LogP contribution in [0.1, 0.15) is 25.7 Å². The van der Waals surface area contributed by atoms with Crippen molar-refractivity contribution in [1.29, 1.82) is 0 Å². The minimum Gasteiger partial charge on any atom is -0.330 e. The molecule has 4 N–H and O–H groups in total. The molecule has 1 heterocycles. The van der Waals surface area contributed by atoms with Crippen molar-refractivity contribution in [3.8, 4) is 0 Å². The van der Waals surface area contributed by atoms with Crippen molar-refractivity contribution in [3.63, 3.8) is 0 Å². The summed E-state index contributed by atoms with van der Waals surface area (Å²) in [6.07, 6.45) is 4.95. The minimum absolute atomic E-state index is 0.680. The molecule has 72 valence electrons. The van der Waals surface area contributed by atoms with E-state index in [1.54, 1.807) is 0 Å². The molecule has 1 fully saturated rings. The molecule has 12 heavy (non-hydrogen) atoms. The maximum Gasteiger partial charge on any atom is 0.0192 e. The van der Waals surface area contributed by atoms with E-state index in [0.29, 0.717) is 6.04 Å². The highest BCUT2D eigenvalue weighted by Gasteiger charge is 2.09. The lowest BCUT2D eigenvalue weighted by Crippen LogP contribution is -2.35. The van der Waals surface area contributed by atoms with Crippen molar-refractivity contribution in [1.82, 2.24) is 10.6 Å². The Morgan fingerprint density at radius 3 is 3.00 bits per heavy atom. The van der Waals surface area contributed by atoms with E-state index in [4.69, 9.17) is 5.73 Å². The van der Waals surface area contributed by atoms with E-state index in [1.807, 2.05) is 0 Å². The van der Waals surface area contributed by atoms with E-state index in [9.17, 15) is 0 Å². The SMILES string of the molecule is NCCCCC1CNCCCN1. The largest absolute Gasteiger partial charge is 0.330 e. The van der Waals surface area contributed by atoms with Crippen molar-refractivity contribution in [3.05, 3.63) is 0 Å².